The Hall–Kier alpha value is -1.26. The zero-order valence-electron chi connectivity index (χ0n) is 12.5. The van der Waals surface area contributed by atoms with Crippen LogP contribution in [0, 0.1) is 0 Å². The molecule has 5 heteroatoms. The number of methoxy groups -OCH3 is 1. The van der Waals surface area contributed by atoms with E-state index in [1.54, 1.807) is 7.11 Å². The number of unbranched alkanes of at least 4 members (excludes halogenated alkanes) is 1. The highest BCUT2D eigenvalue weighted by molar-refractivity contribution is 5.85. The number of carbonyl (C=O) groups is 1. The molecule has 1 aliphatic carbocycles. The quantitative estimate of drug-likeness (QED) is 0.710. The lowest BCUT2D eigenvalue weighted by atomic mass is 10.1. The van der Waals surface area contributed by atoms with Crippen molar-refractivity contribution in [2.75, 3.05) is 13.7 Å². The fourth-order valence-corrected chi connectivity index (χ4v) is 2.39. The SMILES string of the molecule is COc1ccc(CN(CCCCC(=O)O)C2CC2)cc1.Cl. The molecule has 118 valence electrons. The Morgan fingerprint density at radius 3 is 2.48 bits per heavy atom. The Kier molecular flexibility index (Phi) is 7.54. The van der Waals surface area contributed by atoms with Gasteiger partial charge < -0.3 is 9.84 Å². The third-order valence-electron chi connectivity index (χ3n) is 3.69. The van der Waals surface area contributed by atoms with Crippen molar-refractivity contribution in [3.8, 4) is 5.75 Å². The maximum absolute atomic E-state index is 10.5. The monoisotopic (exact) mass is 313 g/mol. The smallest absolute Gasteiger partial charge is 0.303 e. The fourth-order valence-electron chi connectivity index (χ4n) is 2.39. The van der Waals surface area contributed by atoms with Crippen molar-refractivity contribution in [1.82, 2.24) is 4.90 Å². The zero-order chi connectivity index (χ0) is 14.4. The van der Waals surface area contributed by atoms with Crippen molar-refractivity contribution in [1.29, 1.82) is 0 Å². The van der Waals surface area contributed by atoms with Crippen molar-refractivity contribution in [3.05, 3.63) is 29.8 Å². The Morgan fingerprint density at radius 2 is 1.95 bits per heavy atom. The van der Waals surface area contributed by atoms with Gasteiger partial charge >= 0.3 is 5.97 Å². The number of ether oxygens (including phenoxy) is 1. The van der Waals surface area contributed by atoms with E-state index in [9.17, 15) is 4.79 Å². The number of benzene rings is 1. The predicted octanol–water partition coefficient (Wildman–Crippen LogP) is 3.34. The van der Waals surface area contributed by atoms with Gasteiger partial charge in [0.1, 0.15) is 5.75 Å². The molecule has 0 aromatic heterocycles. The average molecular weight is 314 g/mol. The summed E-state index contributed by atoms with van der Waals surface area (Å²) in [6, 6.07) is 8.88. The van der Waals surface area contributed by atoms with Gasteiger partial charge in [-0.2, -0.15) is 0 Å². The van der Waals surface area contributed by atoms with Crippen LogP contribution in [0.3, 0.4) is 0 Å². The molecule has 1 aromatic carbocycles. The van der Waals surface area contributed by atoms with E-state index in [4.69, 9.17) is 9.84 Å². The van der Waals surface area contributed by atoms with Gasteiger partial charge in [0.15, 0.2) is 0 Å². The highest BCUT2D eigenvalue weighted by Crippen LogP contribution is 2.29. The van der Waals surface area contributed by atoms with Crippen molar-refractivity contribution >= 4 is 18.4 Å². The molecule has 2 rings (SSSR count). The molecular weight excluding hydrogens is 290 g/mol. The van der Waals surface area contributed by atoms with Crippen LogP contribution in [0.1, 0.15) is 37.7 Å². The summed E-state index contributed by atoms with van der Waals surface area (Å²) >= 11 is 0. The highest BCUT2D eigenvalue weighted by atomic mass is 35.5. The molecule has 1 fully saturated rings. The van der Waals surface area contributed by atoms with E-state index in [-0.39, 0.29) is 18.8 Å². The summed E-state index contributed by atoms with van der Waals surface area (Å²) < 4.78 is 5.17. The second-order valence-corrected chi connectivity index (χ2v) is 5.40. The molecule has 0 bridgehead atoms. The molecule has 0 amide bonds. The number of hydrogen-bond acceptors (Lipinski definition) is 3. The summed E-state index contributed by atoms with van der Waals surface area (Å²) in [6.45, 7) is 1.94. The highest BCUT2D eigenvalue weighted by Gasteiger charge is 2.28. The van der Waals surface area contributed by atoms with E-state index < -0.39 is 5.97 Å². The average Bonchev–Trinajstić information content (AvgIpc) is 3.27. The minimum Gasteiger partial charge on any atom is -0.497 e. The number of hydrogen-bond donors (Lipinski definition) is 1. The van der Waals surface area contributed by atoms with Crippen LogP contribution in [-0.4, -0.2) is 35.7 Å². The number of carboxylic acid groups (broad SMARTS) is 1. The molecule has 0 saturated heterocycles. The summed E-state index contributed by atoms with van der Waals surface area (Å²) in [5.74, 6) is 0.186. The van der Waals surface area contributed by atoms with E-state index >= 15 is 0 Å². The molecule has 4 nitrogen and oxygen atoms in total. The molecule has 0 unspecified atom stereocenters. The van der Waals surface area contributed by atoms with E-state index in [2.05, 4.69) is 17.0 Å². The Morgan fingerprint density at radius 1 is 1.29 bits per heavy atom. The van der Waals surface area contributed by atoms with Gasteiger partial charge in [-0.3, -0.25) is 9.69 Å². The van der Waals surface area contributed by atoms with Crippen molar-refractivity contribution in [2.45, 2.75) is 44.7 Å². The number of halogens is 1. The van der Waals surface area contributed by atoms with Crippen LogP contribution in [-0.2, 0) is 11.3 Å². The molecular formula is C16H24ClNO3. The van der Waals surface area contributed by atoms with Crippen LogP contribution in [0.15, 0.2) is 24.3 Å². The molecule has 0 spiro atoms. The molecule has 1 aromatic rings. The van der Waals surface area contributed by atoms with Crippen molar-refractivity contribution in [2.24, 2.45) is 0 Å². The topological polar surface area (TPSA) is 49.8 Å². The Bertz CT molecular complexity index is 432. The standard InChI is InChI=1S/C16H23NO3.ClH/c1-20-15-9-5-13(6-10-15)12-17(14-7-8-14)11-3-2-4-16(18)19;/h5-6,9-10,14H,2-4,7-8,11-12H2,1H3,(H,18,19);1H. The largest absolute Gasteiger partial charge is 0.497 e. The predicted molar refractivity (Wildman–Crippen MR) is 85.2 cm³/mol. The lowest BCUT2D eigenvalue weighted by Crippen LogP contribution is -2.26. The molecule has 1 saturated carbocycles. The summed E-state index contributed by atoms with van der Waals surface area (Å²) in [6.07, 6.45) is 4.55. The van der Waals surface area contributed by atoms with E-state index in [1.807, 2.05) is 12.1 Å². The molecule has 1 N–H and O–H groups in total. The molecule has 0 heterocycles. The zero-order valence-corrected chi connectivity index (χ0v) is 13.3. The van der Waals surface area contributed by atoms with Gasteiger partial charge in [-0.25, -0.2) is 0 Å². The summed E-state index contributed by atoms with van der Waals surface area (Å²) in [4.78, 5) is 13.0. The summed E-state index contributed by atoms with van der Waals surface area (Å²) in [5, 5.41) is 8.66. The number of nitrogens with zero attached hydrogens (tertiary/aromatic N) is 1. The van der Waals surface area contributed by atoms with Gasteiger partial charge in [0.05, 0.1) is 7.11 Å². The van der Waals surface area contributed by atoms with Gasteiger partial charge in [-0.05, 0) is 49.9 Å². The van der Waals surface area contributed by atoms with Crippen molar-refractivity contribution in [3.63, 3.8) is 0 Å². The summed E-state index contributed by atoms with van der Waals surface area (Å²) in [5.41, 5.74) is 1.29. The second-order valence-electron chi connectivity index (χ2n) is 5.40. The lowest BCUT2D eigenvalue weighted by Gasteiger charge is -2.22. The molecule has 0 atom stereocenters. The third-order valence-corrected chi connectivity index (χ3v) is 3.69. The van der Waals surface area contributed by atoms with E-state index in [1.165, 1.54) is 18.4 Å². The van der Waals surface area contributed by atoms with E-state index in [0.717, 1.165) is 31.7 Å². The molecule has 0 aliphatic heterocycles. The van der Waals surface area contributed by atoms with Gasteiger partial charge in [0.2, 0.25) is 0 Å². The molecule has 0 radical (unpaired) electrons. The first-order chi connectivity index (χ1) is 9.69. The van der Waals surface area contributed by atoms with E-state index in [0.29, 0.717) is 6.04 Å². The minimum atomic E-state index is -0.696. The summed E-state index contributed by atoms with van der Waals surface area (Å²) in [7, 11) is 1.67. The normalized spacial score (nSPS) is 13.8. The van der Waals surface area contributed by atoms with Gasteiger partial charge in [-0.15, -0.1) is 12.4 Å². The molecule has 21 heavy (non-hydrogen) atoms. The first-order valence-corrected chi connectivity index (χ1v) is 7.28. The maximum Gasteiger partial charge on any atom is 0.303 e. The number of carboxylic acids is 1. The van der Waals surface area contributed by atoms with Crippen LogP contribution in [0.4, 0.5) is 0 Å². The second kappa shape index (κ2) is 8.90. The lowest BCUT2D eigenvalue weighted by molar-refractivity contribution is -0.137. The first kappa shape index (κ1) is 17.8. The van der Waals surface area contributed by atoms with Crippen LogP contribution in [0.25, 0.3) is 0 Å². The van der Waals surface area contributed by atoms with Crippen LogP contribution >= 0.6 is 12.4 Å². The van der Waals surface area contributed by atoms with Gasteiger partial charge in [0.25, 0.3) is 0 Å². The van der Waals surface area contributed by atoms with Crippen LogP contribution in [0.2, 0.25) is 0 Å². The van der Waals surface area contributed by atoms with Gasteiger partial charge in [0, 0.05) is 19.0 Å². The fraction of sp³-hybridized carbons (Fsp3) is 0.562. The van der Waals surface area contributed by atoms with Gasteiger partial charge in [-0.1, -0.05) is 12.1 Å². The van der Waals surface area contributed by atoms with Crippen LogP contribution < -0.4 is 4.74 Å². The Balaban J connectivity index is 0.00000220. The van der Waals surface area contributed by atoms with Crippen LogP contribution in [0.5, 0.6) is 5.75 Å². The number of rotatable bonds is 9. The maximum atomic E-state index is 10.5. The number of aliphatic carboxylic acids is 1. The minimum absolute atomic E-state index is 0. The Labute approximate surface area is 132 Å². The molecule has 1 aliphatic rings. The first-order valence-electron chi connectivity index (χ1n) is 7.28. The third kappa shape index (κ3) is 6.36. The van der Waals surface area contributed by atoms with Crippen molar-refractivity contribution < 1.29 is 14.6 Å².